The number of benzene rings is 4. The van der Waals surface area contributed by atoms with Gasteiger partial charge in [0.25, 0.3) is 0 Å². The predicted octanol–water partition coefficient (Wildman–Crippen LogP) is -0.131. The average Bonchev–Trinajstić information content (AvgIpc) is 3.28. The van der Waals surface area contributed by atoms with Crippen LogP contribution >= 0.6 is 0 Å². The molecule has 8 atom stereocenters. The zero-order chi connectivity index (χ0) is 50.8. The topological polar surface area (TPSA) is 478 Å². The zero-order valence-electron chi connectivity index (χ0n) is 33.9. The van der Waals surface area contributed by atoms with Crippen molar-refractivity contribution in [3.8, 4) is 80.1 Å². The van der Waals surface area contributed by atoms with Gasteiger partial charge in [-0.25, -0.2) is 24.0 Å². The number of hydrogen-bond acceptors (Lipinski definition) is 26. The number of carboxylic acids is 2. The van der Waals surface area contributed by atoms with Crippen molar-refractivity contribution in [3.05, 3.63) is 58.1 Å². The smallest absolute Gasteiger partial charge is 0.345 e. The lowest BCUT2D eigenvalue weighted by Gasteiger charge is -2.43. The van der Waals surface area contributed by atoms with E-state index >= 15 is 0 Å². The van der Waals surface area contributed by atoms with E-state index in [-0.39, 0.29) is 0 Å². The van der Waals surface area contributed by atoms with Gasteiger partial charge in [-0.3, -0.25) is 9.59 Å². The van der Waals surface area contributed by atoms with Gasteiger partial charge in [0.1, 0.15) is 12.7 Å². The van der Waals surface area contributed by atoms with Crippen LogP contribution in [0.3, 0.4) is 0 Å². The summed E-state index contributed by atoms with van der Waals surface area (Å²) in [5.41, 5.74) is -7.14. The van der Waals surface area contributed by atoms with Crippen molar-refractivity contribution in [2.24, 2.45) is 5.92 Å². The molecule has 0 aliphatic carbocycles. The highest BCUT2D eigenvalue weighted by Gasteiger charge is 2.55. The van der Waals surface area contributed by atoms with Crippen LogP contribution in [-0.4, -0.2) is 162 Å². The molecule has 69 heavy (non-hydrogen) atoms. The average molecular weight is 973 g/mol. The Hall–Kier alpha value is -9.31. The Bertz CT molecular complexity index is 2880. The van der Waals surface area contributed by atoms with Gasteiger partial charge < -0.3 is 105 Å². The molecule has 28 nitrogen and oxygen atoms in total. The monoisotopic (exact) mass is 972 g/mol. The lowest BCUT2D eigenvalue weighted by atomic mass is 9.76. The van der Waals surface area contributed by atoms with Crippen molar-refractivity contribution >= 4 is 41.8 Å². The van der Waals surface area contributed by atoms with Crippen LogP contribution in [0.4, 0.5) is 0 Å². The molecule has 7 rings (SSSR count). The summed E-state index contributed by atoms with van der Waals surface area (Å²) in [6, 6.07) is 2.33. The van der Waals surface area contributed by atoms with Crippen LogP contribution < -0.4 is 0 Å². The summed E-state index contributed by atoms with van der Waals surface area (Å²) >= 11 is 0. The molecule has 0 saturated carbocycles. The summed E-state index contributed by atoms with van der Waals surface area (Å²) in [5.74, 6) is -33.3. The molecule has 15 N–H and O–H groups in total. The van der Waals surface area contributed by atoms with E-state index in [1.54, 1.807) is 0 Å². The molecule has 4 aromatic rings. The molecule has 0 amide bonds. The van der Waals surface area contributed by atoms with E-state index in [0.717, 1.165) is 0 Å². The molecule has 3 aliphatic heterocycles. The fourth-order valence-corrected chi connectivity index (χ4v) is 7.79. The van der Waals surface area contributed by atoms with Gasteiger partial charge in [0.2, 0.25) is 29.6 Å². The Labute approximate surface area is 380 Å². The fourth-order valence-electron chi connectivity index (χ4n) is 7.79. The number of hydrogen-bond donors (Lipinski definition) is 15. The summed E-state index contributed by atoms with van der Waals surface area (Å²) in [4.78, 5) is 94.0. The van der Waals surface area contributed by atoms with Gasteiger partial charge >= 0.3 is 41.8 Å². The maximum Gasteiger partial charge on any atom is 0.345 e. The fraction of sp³-hybridized carbons (Fsp3) is 0.244. The van der Waals surface area contributed by atoms with Gasteiger partial charge in [0.15, 0.2) is 70.1 Å². The molecule has 1 fully saturated rings. The summed E-state index contributed by atoms with van der Waals surface area (Å²) < 4.78 is 32.2. The number of aliphatic hydroxyl groups excluding tert-OH is 1. The Morgan fingerprint density at radius 2 is 1.10 bits per heavy atom. The van der Waals surface area contributed by atoms with Gasteiger partial charge in [0, 0.05) is 16.7 Å². The lowest BCUT2D eigenvalue weighted by molar-refractivity contribution is -0.288. The molecule has 2 bridgehead atoms. The van der Waals surface area contributed by atoms with Crippen LogP contribution in [0.25, 0.3) is 11.1 Å². The number of phenolic OH excluding ortho intramolecular Hbond substituents is 12. The van der Waals surface area contributed by atoms with Gasteiger partial charge in [0.05, 0.1) is 40.5 Å². The van der Waals surface area contributed by atoms with E-state index in [4.69, 9.17) is 28.4 Å². The van der Waals surface area contributed by atoms with Gasteiger partial charge in [-0.15, -0.1) is 0 Å². The largest absolute Gasteiger partial charge is 0.504 e. The van der Waals surface area contributed by atoms with Crippen molar-refractivity contribution in [2.45, 2.75) is 49.1 Å². The number of cyclic esters (lactones) is 2. The highest BCUT2D eigenvalue weighted by molar-refractivity contribution is 6.08. The number of esters is 5. The van der Waals surface area contributed by atoms with Gasteiger partial charge in [-0.1, -0.05) is 0 Å². The van der Waals surface area contributed by atoms with Crippen molar-refractivity contribution in [1.82, 2.24) is 0 Å². The molecule has 28 heteroatoms. The number of carboxylic acid groups (broad SMARTS) is 2. The molecule has 3 aliphatic rings. The number of rotatable bonds is 8. The van der Waals surface area contributed by atoms with Gasteiger partial charge in [-0.2, -0.15) is 0 Å². The lowest BCUT2D eigenvalue weighted by Crippen LogP contribution is -2.62. The van der Waals surface area contributed by atoms with E-state index in [2.05, 4.69) is 0 Å². The number of ether oxygens (including phenoxy) is 6. The Balaban J connectivity index is 1.40. The third kappa shape index (κ3) is 8.20. The first kappa shape index (κ1) is 47.6. The second-order valence-electron chi connectivity index (χ2n) is 15.2. The van der Waals surface area contributed by atoms with Crippen molar-refractivity contribution in [2.75, 3.05) is 6.61 Å². The van der Waals surface area contributed by atoms with E-state index in [9.17, 15) is 110 Å². The quantitative estimate of drug-likeness (QED) is 0.0621. The summed E-state index contributed by atoms with van der Waals surface area (Å²) in [5, 5.41) is 157. The first-order chi connectivity index (χ1) is 32.3. The molecule has 0 aromatic heterocycles. The van der Waals surface area contributed by atoms with Crippen molar-refractivity contribution < 1.29 is 139 Å². The van der Waals surface area contributed by atoms with Crippen LogP contribution in [0, 0.1) is 5.92 Å². The number of phenols is 12. The molecule has 4 aromatic carbocycles. The minimum atomic E-state index is -2.70. The number of aliphatic hydroxyl groups is 1. The molecular formula is C41H32O28. The molecule has 3 heterocycles. The Morgan fingerprint density at radius 3 is 1.64 bits per heavy atom. The number of carbonyl (C=O) groups is 7. The number of fused-ring (bicyclic) bond motifs is 6. The molecule has 0 spiro atoms. The third-order valence-corrected chi connectivity index (χ3v) is 11.0. The maximum atomic E-state index is 14.5. The normalized spacial score (nSPS) is 22.3. The van der Waals surface area contributed by atoms with Crippen molar-refractivity contribution in [1.29, 1.82) is 0 Å². The SMILES string of the molecule is O=C(O)C[C@@H](C(=O)O[C@@H]1[C@H]2OC(=O)c3cc(O)c(O)c(O)c3-c3c(cc(O)c(O)c3O)C(=O)OC[C@@H]1O[C@H](OC(=O)c1cc(O)c(O)c(O)c1)[C@H]2O)[C@@H]1c2c(cc(O)c(O)c2O)C(=O)O[C@H]1C(=O)O. The second-order valence-corrected chi connectivity index (χ2v) is 15.2. The van der Waals surface area contributed by atoms with Crippen LogP contribution in [0.1, 0.15) is 59.3 Å². The maximum absolute atomic E-state index is 14.5. The predicted molar refractivity (Wildman–Crippen MR) is 210 cm³/mol. The minimum Gasteiger partial charge on any atom is -0.504 e. The van der Waals surface area contributed by atoms with E-state index < -0.39 is 211 Å². The Morgan fingerprint density at radius 1 is 0.609 bits per heavy atom. The summed E-state index contributed by atoms with van der Waals surface area (Å²) in [7, 11) is 0. The van der Waals surface area contributed by atoms with Crippen molar-refractivity contribution in [3.63, 3.8) is 0 Å². The number of carbonyl (C=O) groups excluding carboxylic acids is 5. The molecular weight excluding hydrogens is 940 g/mol. The summed E-state index contributed by atoms with van der Waals surface area (Å²) in [6.45, 7) is -1.37. The second kappa shape index (κ2) is 17.5. The van der Waals surface area contributed by atoms with Crippen LogP contribution in [0.5, 0.6) is 69.0 Å². The highest BCUT2D eigenvalue weighted by atomic mass is 16.7. The first-order valence-corrected chi connectivity index (χ1v) is 19.2. The molecule has 364 valence electrons. The van der Waals surface area contributed by atoms with E-state index in [1.165, 1.54) is 0 Å². The van der Waals surface area contributed by atoms with E-state index in [1.807, 2.05) is 0 Å². The number of aliphatic carboxylic acids is 2. The van der Waals surface area contributed by atoms with Crippen LogP contribution in [-0.2, 0) is 42.8 Å². The standard InChI is InChI=1S/C41H32O28/c42-13-1-8(2-14(43)24(13)49)36(59)69-41-31(56)34-32(66-40(63)12(6-19(47)48)23-22-11(5-17(46)27(52)30(22)55)38(61)67-33(23)35(57)58)18(65-41)7-64-37(60)9-3-15(44)25(50)28(53)20(9)21-10(39(62)68-34)4-16(45)26(51)29(21)54/h1-5,12,18,23,31-34,41-46,49-56H,6-7H2,(H,47,48)(H,57,58)/t12-,18+,23-,31+,32+,33-,34+,41-/m1/s1. The highest BCUT2D eigenvalue weighted by Crippen LogP contribution is 2.54. The first-order valence-electron chi connectivity index (χ1n) is 19.2. The summed E-state index contributed by atoms with van der Waals surface area (Å²) in [6.07, 6.45) is -16.8. The van der Waals surface area contributed by atoms with Crippen LogP contribution in [0.15, 0.2) is 30.3 Å². The van der Waals surface area contributed by atoms with Gasteiger partial charge in [-0.05, 0) is 30.3 Å². The Kier molecular flexibility index (Phi) is 12.1. The van der Waals surface area contributed by atoms with Crippen LogP contribution in [0.2, 0.25) is 0 Å². The van der Waals surface area contributed by atoms with E-state index in [0.29, 0.717) is 30.3 Å². The molecule has 0 unspecified atom stereocenters. The molecule has 1 saturated heterocycles. The minimum absolute atomic E-state index is 0.332. The zero-order valence-corrected chi connectivity index (χ0v) is 33.9. The number of aromatic hydroxyl groups is 12. The third-order valence-electron chi connectivity index (χ3n) is 11.0. The molecule has 0 radical (unpaired) electrons.